The van der Waals surface area contributed by atoms with Gasteiger partial charge >= 0.3 is 0 Å². The quantitative estimate of drug-likeness (QED) is 0.818. The Morgan fingerprint density at radius 1 is 1.50 bits per heavy atom. The molecule has 0 unspecified atom stereocenters. The molecular formula is C12H21N5O. The maximum absolute atomic E-state index is 11.7. The number of nitrogens with zero attached hydrogens (tertiary/aromatic N) is 3. The Labute approximate surface area is 108 Å². The summed E-state index contributed by atoms with van der Waals surface area (Å²) in [5.74, 6) is 1.31. The second-order valence-electron chi connectivity index (χ2n) is 4.44. The molecule has 0 aliphatic rings. The fourth-order valence-corrected chi connectivity index (χ4v) is 1.59. The Hall–Kier alpha value is -1.85. The number of amides is 1. The van der Waals surface area contributed by atoms with Crippen molar-refractivity contribution in [1.82, 2.24) is 14.9 Å². The predicted octanol–water partition coefficient (Wildman–Crippen LogP) is 1.07. The van der Waals surface area contributed by atoms with Crippen LogP contribution in [0.5, 0.6) is 0 Å². The highest BCUT2D eigenvalue weighted by atomic mass is 16.2. The van der Waals surface area contributed by atoms with Crippen molar-refractivity contribution in [3.8, 4) is 0 Å². The molecule has 3 N–H and O–H groups in total. The minimum Gasteiger partial charge on any atom is -0.383 e. The number of nitrogen functional groups attached to an aromatic ring is 1. The van der Waals surface area contributed by atoms with E-state index >= 15 is 0 Å². The molecule has 0 bridgehead atoms. The van der Waals surface area contributed by atoms with Crippen LogP contribution < -0.4 is 11.1 Å². The number of carbonyl (C=O) groups excluding carboxylic acids is 1. The molecule has 100 valence electrons. The molecule has 0 spiro atoms. The molecule has 0 saturated carbocycles. The first-order valence-corrected chi connectivity index (χ1v) is 6.05. The van der Waals surface area contributed by atoms with Gasteiger partial charge in [0.05, 0.1) is 6.54 Å². The van der Waals surface area contributed by atoms with Crippen molar-refractivity contribution >= 4 is 17.5 Å². The fraction of sp³-hybridized carbons (Fsp3) is 0.583. The summed E-state index contributed by atoms with van der Waals surface area (Å²) < 4.78 is 0. The number of anilines is 2. The van der Waals surface area contributed by atoms with Crippen LogP contribution in [0.15, 0.2) is 6.33 Å². The molecule has 1 rings (SSSR count). The standard InChI is InChI=1S/C12H21N5O/c1-5-17(4)9(18)6-14-12-10(8(2)3)11(13)15-7-16-12/h7-8H,5-6H2,1-4H3,(H3,13,14,15,16). The molecule has 1 heterocycles. The third-order valence-electron chi connectivity index (χ3n) is 2.80. The van der Waals surface area contributed by atoms with Crippen molar-refractivity contribution in [3.05, 3.63) is 11.9 Å². The SMILES string of the molecule is CCN(C)C(=O)CNc1ncnc(N)c1C(C)C. The lowest BCUT2D eigenvalue weighted by molar-refractivity contribution is -0.127. The zero-order chi connectivity index (χ0) is 13.7. The van der Waals surface area contributed by atoms with Crippen LogP contribution in [0, 0.1) is 0 Å². The van der Waals surface area contributed by atoms with Crippen LogP contribution in [0.4, 0.5) is 11.6 Å². The molecule has 0 aromatic carbocycles. The predicted molar refractivity (Wildman–Crippen MR) is 72.3 cm³/mol. The van der Waals surface area contributed by atoms with Crippen LogP contribution in [0.3, 0.4) is 0 Å². The van der Waals surface area contributed by atoms with Crippen molar-refractivity contribution in [1.29, 1.82) is 0 Å². The molecule has 0 fully saturated rings. The first-order chi connectivity index (χ1) is 8.47. The van der Waals surface area contributed by atoms with Gasteiger partial charge in [-0.3, -0.25) is 4.79 Å². The Balaban J connectivity index is 2.79. The van der Waals surface area contributed by atoms with Gasteiger partial charge in [0.25, 0.3) is 0 Å². The highest BCUT2D eigenvalue weighted by Gasteiger charge is 2.14. The summed E-state index contributed by atoms with van der Waals surface area (Å²) in [6.07, 6.45) is 1.40. The Kier molecular flexibility index (Phi) is 4.88. The van der Waals surface area contributed by atoms with Gasteiger partial charge < -0.3 is 16.0 Å². The molecule has 0 atom stereocenters. The maximum atomic E-state index is 11.7. The first kappa shape index (κ1) is 14.2. The Morgan fingerprint density at radius 3 is 2.72 bits per heavy atom. The minimum atomic E-state index is 0.0180. The molecule has 0 aliphatic carbocycles. The zero-order valence-corrected chi connectivity index (χ0v) is 11.4. The lowest BCUT2D eigenvalue weighted by Crippen LogP contribution is -2.32. The number of likely N-dealkylation sites (N-methyl/N-ethyl adjacent to an activating group) is 1. The first-order valence-electron chi connectivity index (χ1n) is 6.05. The van der Waals surface area contributed by atoms with Gasteiger partial charge in [-0.1, -0.05) is 13.8 Å². The van der Waals surface area contributed by atoms with E-state index < -0.39 is 0 Å². The van der Waals surface area contributed by atoms with Crippen LogP contribution in [-0.4, -0.2) is 40.9 Å². The molecule has 0 saturated heterocycles. The highest BCUT2D eigenvalue weighted by molar-refractivity contribution is 5.80. The smallest absolute Gasteiger partial charge is 0.241 e. The second-order valence-corrected chi connectivity index (χ2v) is 4.44. The van der Waals surface area contributed by atoms with Gasteiger partial charge in [-0.2, -0.15) is 0 Å². The number of nitrogens with two attached hydrogens (primary N) is 1. The van der Waals surface area contributed by atoms with Gasteiger partial charge in [-0.25, -0.2) is 9.97 Å². The van der Waals surface area contributed by atoms with Crippen molar-refractivity contribution in [2.75, 3.05) is 31.2 Å². The lowest BCUT2D eigenvalue weighted by atomic mass is 10.0. The number of hydrogen-bond donors (Lipinski definition) is 2. The largest absolute Gasteiger partial charge is 0.383 e. The van der Waals surface area contributed by atoms with E-state index in [4.69, 9.17) is 5.73 Å². The molecule has 1 aromatic heterocycles. The average molecular weight is 251 g/mol. The molecule has 0 aliphatic heterocycles. The third kappa shape index (κ3) is 3.32. The van der Waals surface area contributed by atoms with Crippen LogP contribution in [-0.2, 0) is 4.79 Å². The van der Waals surface area contributed by atoms with Crippen molar-refractivity contribution in [2.45, 2.75) is 26.7 Å². The molecule has 1 amide bonds. The summed E-state index contributed by atoms with van der Waals surface area (Å²) in [5, 5.41) is 3.03. The summed E-state index contributed by atoms with van der Waals surface area (Å²) in [7, 11) is 1.77. The fourth-order valence-electron chi connectivity index (χ4n) is 1.59. The van der Waals surface area contributed by atoms with Crippen LogP contribution in [0.2, 0.25) is 0 Å². The number of rotatable bonds is 5. The van der Waals surface area contributed by atoms with E-state index in [0.29, 0.717) is 18.2 Å². The van der Waals surface area contributed by atoms with E-state index in [9.17, 15) is 4.79 Å². The van der Waals surface area contributed by atoms with Gasteiger partial charge in [-0.05, 0) is 12.8 Å². The number of aromatic nitrogens is 2. The monoisotopic (exact) mass is 251 g/mol. The van der Waals surface area contributed by atoms with E-state index in [2.05, 4.69) is 15.3 Å². The molecule has 6 nitrogen and oxygen atoms in total. The van der Waals surface area contributed by atoms with Crippen molar-refractivity contribution in [3.63, 3.8) is 0 Å². The lowest BCUT2D eigenvalue weighted by Gasteiger charge is -2.17. The van der Waals surface area contributed by atoms with Crippen molar-refractivity contribution < 1.29 is 4.79 Å². The van der Waals surface area contributed by atoms with E-state index in [0.717, 1.165) is 5.56 Å². The Morgan fingerprint density at radius 2 is 2.17 bits per heavy atom. The normalized spacial score (nSPS) is 10.5. The molecule has 18 heavy (non-hydrogen) atoms. The van der Waals surface area contributed by atoms with E-state index in [1.54, 1.807) is 11.9 Å². The summed E-state index contributed by atoms with van der Waals surface area (Å²) in [5.41, 5.74) is 6.68. The number of hydrogen-bond acceptors (Lipinski definition) is 5. The number of carbonyl (C=O) groups is 1. The third-order valence-corrected chi connectivity index (χ3v) is 2.80. The van der Waals surface area contributed by atoms with E-state index in [1.807, 2.05) is 20.8 Å². The summed E-state index contributed by atoms with van der Waals surface area (Å²) in [6, 6.07) is 0. The molecular weight excluding hydrogens is 230 g/mol. The molecule has 0 radical (unpaired) electrons. The van der Waals surface area contributed by atoms with Crippen LogP contribution in [0.1, 0.15) is 32.3 Å². The van der Waals surface area contributed by atoms with Crippen molar-refractivity contribution in [2.24, 2.45) is 0 Å². The van der Waals surface area contributed by atoms with Crippen LogP contribution in [0.25, 0.3) is 0 Å². The maximum Gasteiger partial charge on any atom is 0.241 e. The summed E-state index contributed by atoms with van der Waals surface area (Å²) in [6.45, 7) is 6.85. The van der Waals surface area contributed by atoms with Gasteiger partial charge in [-0.15, -0.1) is 0 Å². The highest BCUT2D eigenvalue weighted by Crippen LogP contribution is 2.25. The number of nitrogens with one attached hydrogen (secondary N) is 1. The van der Waals surface area contributed by atoms with E-state index in [1.165, 1.54) is 6.33 Å². The van der Waals surface area contributed by atoms with Gasteiger partial charge in [0.15, 0.2) is 0 Å². The minimum absolute atomic E-state index is 0.0180. The van der Waals surface area contributed by atoms with Gasteiger partial charge in [0.2, 0.25) is 5.91 Å². The van der Waals surface area contributed by atoms with Gasteiger partial charge in [0, 0.05) is 19.2 Å². The topological polar surface area (TPSA) is 84.1 Å². The zero-order valence-electron chi connectivity index (χ0n) is 11.4. The van der Waals surface area contributed by atoms with E-state index in [-0.39, 0.29) is 18.4 Å². The van der Waals surface area contributed by atoms with Gasteiger partial charge in [0.1, 0.15) is 18.0 Å². The molecule has 6 heteroatoms. The summed E-state index contributed by atoms with van der Waals surface area (Å²) in [4.78, 5) is 21.5. The van der Waals surface area contributed by atoms with Crippen LogP contribution >= 0.6 is 0 Å². The summed E-state index contributed by atoms with van der Waals surface area (Å²) >= 11 is 0. The average Bonchev–Trinajstić information content (AvgIpc) is 2.34. The second kappa shape index (κ2) is 6.18. The molecule has 1 aromatic rings. The Bertz CT molecular complexity index is 419.